The Kier molecular flexibility index (Phi) is 4.61. The molecule has 2 unspecified atom stereocenters. The van der Waals surface area contributed by atoms with E-state index in [2.05, 4.69) is 10.6 Å². The Morgan fingerprint density at radius 1 is 1.30 bits per heavy atom. The molecule has 2 N–H and O–H groups in total. The first-order chi connectivity index (χ1) is 9.67. The molecule has 2 atom stereocenters. The fraction of sp³-hybridized carbons (Fsp3) is 0.643. The minimum atomic E-state index is -0.750. The van der Waals surface area contributed by atoms with E-state index < -0.39 is 11.9 Å². The number of esters is 1. The molecule has 6 heteroatoms. The first-order valence-electron chi connectivity index (χ1n) is 7.06. The maximum atomic E-state index is 12.1. The third-order valence-corrected chi connectivity index (χ3v) is 3.73. The topological polar surface area (TPSA) is 91.2 Å². The van der Waals surface area contributed by atoms with Gasteiger partial charge in [-0.25, -0.2) is 4.79 Å². The summed E-state index contributed by atoms with van der Waals surface area (Å²) in [4.78, 5) is 23.8. The van der Waals surface area contributed by atoms with Gasteiger partial charge in [-0.3, -0.25) is 4.79 Å². The zero-order valence-electron chi connectivity index (χ0n) is 11.6. The highest BCUT2D eigenvalue weighted by molar-refractivity contribution is 6.05. The van der Waals surface area contributed by atoms with Crippen molar-refractivity contribution < 1.29 is 14.3 Å². The lowest BCUT2D eigenvalue weighted by molar-refractivity contribution is -0.138. The molecule has 0 bridgehead atoms. The van der Waals surface area contributed by atoms with Crippen molar-refractivity contribution in [1.82, 2.24) is 10.6 Å². The molecule has 1 saturated carbocycles. The summed E-state index contributed by atoms with van der Waals surface area (Å²) in [6.07, 6.45) is 5.17. The van der Waals surface area contributed by atoms with E-state index in [1.807, 2.05) is 0 Å². The van der Waals surface area contributed by atoms with Crippen molar-refractivity contribution in [3.05, 3.63) is 11.3 Å². The summed E-state index contributed by atoms with van der Waals surface area (Å²) >= 11 is 0. The molecule has 1 aliphatic carbocycles. The molecule has 0 aromatic carbocycles. The van der Waals surface area contributed by atoms with Crippen molar-refractivity contribution in [1.29, 1.82) is 5.26 Å². The normalized spacial score (nSPS) is 28.1. The number of nitrogens with zero attached hydrogens (tertiary/aromatic N) is 1. The van der Waals surface area contributed by atoms with E-state index in [1.165, 1.54) is 0 Å². The summed E-state index contributed by atoms with van der Waals surface area (Å²) in [5.74, 6) is -1.14. The van der Waals surface area contributed by atoms with Crippen LogP contribution < -0.4 is 10.6 Å². The van der Waals surface area contributed by atoms with E-state index in [-0.39, 0.29) is 30.0 Å². The second-order valence-corrected chi connectivity index (χ2v) is 5.05. The van der Waals surface area contributed by atoms with Gasteiger partial charge in [0.2, 0.25) is 0 Å². The quantitative estimate of drug-likeness (QED) is 0.441. The van der Waals surface area contributed by atoms with Gasteiger partial charge in [-0.15, -0.1) is 0 Å². The molecule has 20 heavy (non-hydrogen) atoms. The van der Waals surface area contributed by atoms with Crippen LogP contribution in [0, 0.1) is 11.3 Å². The number of nitrogens with one attached hydrogen (secondary N) is 2. The third kappa shape index (κ3) is 2.93. The van der Waals surface area contributed by atoms with Crippen LogP contribution in [0.2, 0.25) is 0 Å². The molecule has 1 heterocycles. The van der Waals surface area contributed by atoms with Crippen LogP contribution in [0.3, 0.4) is 0 Å². The van der Waals surface area contributed by atoms with Gasteiger partial charge in [0.25, 0.3) is 5.91 Å². The van der Waals surface area contributed by atoms with Gasteiger partial charge < -0.3 is 15.4 Å². The zero-order valence-corrected chi connectivity index (χ0v) is 11.6. The molecule has 2 aliphatic rings. The van der Waals surface area contributed by atoms with Crippen LogP contribution in [-0.4, -0.2) is 30.6 Å². The number of nitriles is 1. The first-order valence-corrected chi connectivity index (χ1v) is 7.06. The largest absolute Gasteiger partial charge is 0.462 e. The number of hydrogen-bond donors (Lipinski definition) is 2. The van der Waals surface area contributed by atoms with Crippen LogP contribution in [0.25, 0.3) is 0 Å². The number of rotatable bonds is 2. The van der Waals surface area contributed by atoms with Crippen LogP contribution in [0.15, 0.2) is 11.3 Å². The number of carbonyl (C=O) groups excluding carboxylic acids is 2. The Hall–Kier alpha value is -2.03. The van der Waals surface area contributed by atoms with E-state index in [0.29, 0.717) is 0 Å². The lowest BCUT2D eigenvalue weighted by Gasteiger charge is -2.34. The molecule has 1 aliphatic heterocycles. The van der Waals surface area contributed by atoms with Gasteiger partial charge in [0.05, 0.1) is 6.61 Å². The Labute approximate surface area is 118 Å². The van der Waals surface area contributed by atoms with Crippen LogP contribution in [-0.2, 0) is 14.3 Å². The second-order valence-electron chi connectivity index (χ2n) is 5.05. The second kappa shape index (κ2) is 6.42. The van der Waals surface area contributed by atoms with E-state index in [4.69, 9.17) is 10.00 Å². The maximum absolute atomic E-state index is 12.1. The summed E-state index contributed by atoms with van der Waals surface area (Å²) in [7, 11) is 0. The number of carbonyl (C=O) groups is 2. The van der Waals surface area contributed by atoms with Gasteiger partial charge >= 0.3 is 5.97 Å². The summed E-state index contributed by atoms with van der Waals surface area (Å²) in [5, 5.41) is 15.1. The van der Waals surface area contributed by atoms with Gasteiger partial charge in [-0.1, -0.05) is 19.3 Å². The van der Waals surface area contributed by atoms with E-state index in [0.717, 1.165) is 32.1 Å². The van der Waals surface area contributed by atoms with Crippen LogP contribution in [0.5, 0.6) is 0 Å². The molecule has 1 saturated heterocycles. The Morgan fingerprint density at radius 2 is 1.95 bits per heavy atom. The van der Waals surface area contributed by atoms with Gasteiger partial charge in [-0.2, -0.15) is 5.26 Å². The molecule has 2 rings (SSSR count). The molecule has 1 amide bonds. The Balaban J connectivity index is 2.25. The van der Waals surface area contributed by atoms with Gasteiger partial charge in [-0.05, 0) is 19.8 Å². The highest BCUT2D eigenvalue weighted by Gasteiger charge is 2.35. The van der Waals surface area contributed by atoms with Crippen LogP contribution >= 0.6 is 0 Å². The number of fused-ring (bicyclic) bond motifs is 1. The fourth-order valence-corrected chi connectivity index (χ4v) is 2.74. The molecule has 0 spiro atoms. The summed E-state index contributed by atoms with van der Waals surface area (Å²) in [6.45, 7) is 1.83. The molecule has 2 fully saturated rings. The average molecular weight is 277 g/mol. The van der Waals surface area contributed by atoms with Crippen molar-refractivity contribution in [2.45, 2.75) is 51.1 Å². The van der Waals surface area contributed by atoms with Crippen molar-refractivity contribution in [2.24, 2.45) is 0 Å². The SMILES string of the molecule is CCOC(=O)/C(C#N)=C1\NC2CCCCCC2NC1=O. The fourth-order valence-electron chi connectivity index (χ4n) is 2.74. The van der Waals surface area contributed by atoms with Crippen molar-refractivity contribution >= 4 is 11.9 Å². The molecule has 0 aromatic heterocycles. The third-order valence-electron chi connectivity index (χ3n) is 3.73. The Bertz CT molecular complexity index is 479. The standard InChI is InChI=1S/C14H19N3O3/c1-2-20-14(19)9(8-15)12-13(18)17-11-7-5-3-4-6-10(11)16-12/h10-11,16H,2-7H2,1H3,(H,17,18)/b12-9-. The van der Waals surface area contributed by atoms with E-state index in [1.54, 1.807) is 13.0 Å². The molecule has 108 valence electrons. The minimum absolute atomic E-state index is 0.0501. The number of piperazine rings is 1. The van der Waals surface area contributed by atoms with Gasteiger partial charge in [0, 0.05) is 12.1 Å². The van der Waals surface area contributed by atoms with Gasteiger partial charge in [0.15, 0.2) is 5.57 Å². The maximum Gasteiger partial charge on any atom is 0.351 e. The number of amides is 1. The summed E-state index contributed by atoms with van der Waals surface area (Å²) in [6, 6.07) is 1.95. The van der Waals surface area contributed by atoms with Crippen molar-refractivity contribution in [3.8, 4) is 6.07 Å². The van der Waals surface area contributed by atoms with Crippen LogP contribution in [0.1, 0.15) is 39.0 Å². The molecule has 0 aromatic rings. The van der Waals surface area contributed by atoms with Crippen molar-refractivity contribution in [3.63, 3.8) is 0 Å². The first kappa shape index (κ1) is 14.4. The molecule has 0 radical (unpaired) electrons. The van der Waals surface area contributed by atoms with E-state index >= 15 is 0 Å². The predicted octanol–water partition coefficient (Wildman–Crippen LogP) is 0.748. The number of ether oxygens (including phenoxy) is 1. The molecule has 6 nitrogen and oxygen atoms in total. The lowest BCUT2D eigenvalue weighted by Crippen LogP contribution is -2.57. The predicted molar refractivity (Wildman–Crippen MR) is 71.2 cm³/mol. The number of hydrogen-bond acceptors (Lipinski definition) is 5. The smallest absolute Gasteiger partial charge is 0.351 e. The Morgan fingerprint density at radius 3 is 2.55 bits per heavy atom. The summed E-state index contributed by atoms with van der Waals surface area (Å²) in [5.41, 5.74) is -0.193. The lowest BCUT2D eigenvalue weighted by atomic mass is 9.98. The highest BCUT2D eigenvalue weighted by Crippen LogP contribution is 2.23. The molecular weight excluding hydrogens is 258 g/mol. The summed E-state index contributed by atoms with van der Waals surface area (Å²) < 4.78 is 4.82. The average Bonchev–Trinajstić information content (AvgIpc) is 2.65. The molecular formula is C14H19N3O3. The van der Waals surface area contributed by atoms with Gasteiger partial charge in [0.1, 0.15) is 11.8 Å². The highest BCUT2D eigenvalue weighted by atomic mass is 16.5. The van der Waals surface area contributed by atoms with E-state index in [9.17, 15) is 9.59 Å². The van der Waals surface area contributed by atoms with Crippen molar-refractivity contribution in [2.75, 3.05) is 6.61 Å². The zero-order chi connectivity index (χ0) is 14.5. The van der Waals surface area contributed by atoms with Crippen LogP contribution in [0.4, 0.5) is 0 Å². The monoisotopic (exact) mass is 277 g/mol. The minimum Gasteiger partial charge on any atom is -0.462 e.